The maximum Gasteiger partial charge on any atom is 0.0891 e. The highest BCUT2D eigenvalue weighted by Crippen LogP contribution is 2.25. The van der Waals surface area contributed by atoms with Gasteiger partial charge in [0.15, 0.2) is 0 Å². The van der Waals surface area contributed by atoms with E-state index in [1.807, 2.05) is 30.3 Å². The summed E-state index contributed by atoms with van der Waals surface area (Å²) in [6.45, 7) is 5.27. The molecule has 3 nitrogen and oxygen atoms in total. The molecule has 0 saturated heterocycles. The first-order chi connectivity index (χ1) is 11.1. The zero-order valence-corrected chi connectivity index (χ0v) is 14.1. The van der Waals surface area contributed by atoms with Gasteiger partial charge in [-0.2, -0.15) is 0 Å². The molecular formula is C19H21ClN2O. The zero-order valence-electron chi connectivity index (χ0n) is 13.4. The number of hydrogen-bond donors (Lipinski definition) is 2. The minimum atomic E-state index is -0.483. The van der Waals surface area contributed by atoms with Crippen molar-refractivity contribution in [2.24, 2.45) is 0 Å². The van der Waals surface area contributed by atoms with Crippen LogP contribution >= 0.6 is 11.6 Å². The first kappa shape index (κ1) is 15.9. The lowest BCUT2D eigenvalue weighted by Crippen LogP contribution is -2.25. The summed E-state index contributed by atoms with van der Waals surface area (Å²) in [7, 11) is 0. The Bertz CT molecular complexity index is 825. The minimum Gasteiger partial charge on any atom is -0.389 e. The molecule has 0 bridgehead atoms. The second-order valence-electron chi connectivity index (χ2n) is 5.88. The zero-order chi connectivity index (χ0) is 16.4. The Morgan fingerprint density at radius 3 is 2.70 bits per heavy atom. The molecule has 0 radical (unpaired) electrons. The average Bonchev–Trinajstić information content (AvgIpc) is 2.79. The number of nitrogens with zero attached hydrogens (tertiary/aromatic N) is 1. The Balaban J connectivity index is 1.73. The Kier molecular flexibility index (Phi) is 4.60. The van der Waals surface area contributed by atoms with Gasteiger partial charge in [0.05, 0.1) is 12.6 Å². The van der Waals surface area contributed by atoms with Gasteiger partial charge in [0.2, 0.25) is 0 Å². The van der Waals surface area contributed by atoms with Crippen molar-refractivity contribution in [3.63, 3.8) is 0 Å². The van der Waals surface area contributed by atoms with Gasteiger partial charge in [-0.25, -0.2) is 0 Å². The van der Waals surface area contributed by atoms with E-state index in [-0.39, 0.29) is 0 Å². The smallest absolute Gasteiger partial charge is 0.0891 e. The summed E-state index contributed by atoms with van der Waals surface area (Å²) < 4.78 is 2.19. The number of aliphatic hydroxyl groups excluding tert-OH is 1. The van der Waals surface area contributed by atoms with Gasteiger partial charge < -0.3 is 15.0 Å². The van der Waals surface area contributed by atoms with Gasteiger partial charge in [0.1, 0.15) is 0 Å². The molecule has 0 spiro atoms. The predicted molar refractivity (Wildman–Crippen MR) is 97.4 cm³/mol. The quantitative estimate of drug-likeness (QED) is 0.729. The third kappa shape index (κ3) is 3.36. The lowest BCUT2D eigenvalue weighted by Gasteiger charge is -2.16. The van der Waals surface area contributed by atoms with E-state index in [9.17, 15) is 5.11 Å². The van der Waals surface area contributed by atoms with Crippen LogP contribution in [0.4, 0.5) is 5.69 Å². The molecule has 0 saturated carbocycles. The molecule has 0 aliphatic heterocycles. The fourth-order valence-corrected chi connectivity index (χ4v) is 3.14. The van der Waals surface area contributed by atoms with Crippen molar-refractivity contribution in [3.05, 3.63) is 64.8 Å². The lowest BCUT2D eigenvalue weighted by molar-refractivity contribution is 0.167. The Morgan fingerprint density at radius 2 is 1.91 bits per heavy atom. The van der Waals surface area contributed by atoms with E-state index in [2.05, 4.69) is 41.9 Å². The summed E-state index contributed by atoms with van der Waals surface area (Å²) in [4.78, 5) is 0. The van der Waals surface area contributed by atoms with Crippen molar-refractivity contribution in [2.45, 2.75) is 26.5 Å². The number of nitrogens with one attached hydrogen (secondary N) is 1. The number of para-hydroxylation sites is 1. The second-order valence-corrected chi connectivity index (χ2v) is 6.32. The first-order valence-electron chi connectivity index (χ1n) is 7.78. The van der Waals surface area contributed by atoms with Crippen LogP contribution in [0.1, 0.15) is 11.3 Å². The molecule has 0 aliphatic rings. The number of aromatic nitrogens is 1. The van der Waals surface area contributed by atoms with E-state index < -0.39 is 6.10 Å². The topological polar surface area (TPSA) is 37.2 Å². The number of fused-ring (bicyclic) bond motifs is 1. The van der Waals surface area contributed by atoms with E-state index >= 15 is 0 Å². The van der Waals surface area contributed by atoms with Crippen LogP contribution in [0.5, 0.6) is 0 Å². The number of hydrogen-bond acceptors (Lipinski definition) is 2. The molecule has 1 aromatic heterocycles. The van der Waals surface area contributed by atoms with Gasteiger partial charge in [-0.3, -0.25) is 0 Å². The molecule has 2 N–H and O–H groups in total. The summed E-state index contributed by atoms with van der Waals surface area (Å²) in [6, 6.07) is 15.8. The van der Waals surface area contributed by atoms with Crippen molar-refractivity contribution >= 4 is 28.2 Å². The Hall–Kier alpha value is -1.97. The van der Waals surface area contributed by atoms with E-state index in [1.54, 1.807) is 0 Å². The van der Waals surface area contributed by atoms with Gasteiger partial charge in [0.25, 0.3) is 0 Å². The van der Waals surface area contributed by atoms with Crippen molar-refractivity contribution in [2.75, 3.05) is 11.9 Å². The summed E-state index contributed by atoms with van der Waals surface area (Å²) in [5.41, 5.74) is 4.56. The SMILES string of the molecule is Cc1c(C)n(CC(O)CNc2cccc(Cl)c2)c2ccccc12. The number of anilines is 1. The van der Waals surface area contributed by atoms with Gasteiger partial charge >= 0.3 is 0 Å². The van der Waals surface area contributed by atoms with Crippen LogP contribution < -0.4 is 5.32 Å². The van der Waals surface area contributed by atoms with Crippen LogP contribution in [0.3, 0.4) is 0 Å². The summed E-state index contributed by atoms with van der Waals surface area (Å²) in [5.74, 6) is 0. The number of aryl methyl sites for hydroxylation is 1. The van der Waals surface area contributed by atoms with Crippen LogP contribution in [-0.2, 0) is 6.54 Å². The average molecular weight is 329 g/mol. The highest BCUT2D eigenvalue weighted by molar-refractivity contribution is 6.30. The van der Waals surface area contributed by atoms with Crippen LogP contribution in [0.2, 0.25) is 5.02 Å². The maximum absolute atomic E-state index is 10.4. The highest BCUT2D eigenvalue weighted by Gasteiger charge is 2.13. The Morgan fingerprint density at radius 1 is 1.13 bits per heavy atom. The maximum atomic E-state index is 10.4. The van der Waals surface area contributed by atoms with E-state index in [0.717, 1.165) is 5.69 Å². The number of benzene rings is 2. The molecule has 1 atom stereocenters. The van der Waals surface area contributed by atoms with E-state index in [0.29, 0.717) is 18.1 Å². The van der Waals surface area contributed by atoms with Crippen LogP contribution in [0.25, 0.3) is 10.9 Å². The molecule has 1 heterocycles. The third-order valence-corrected chi connectivity index (χ3v) is 4.54. The molecule has 4 heteroatoms. The molecule has 0 aliphatic carbocycles. The first-order valence-corrected chi connectivity index (χ1v) is 8.16. The van der Waals surface area contributed by atoms with Gasteiger partial charge in [-0.05, 0) is 43.7 Å². The molecular weight excluding hydrogens is 308 g/mol. The fourth-order valence-electron chi connectivity index (χ4n) is 2.95. The number of rotatable bonds is 5. The minimum absolute atomic E-state index is 0.478. The summed E-state index contributed by atoms with van der Waals surface area (Å²) >= 11 is 5.97. The Labute approximate surface area is 141 Å². The second kappa shape index (κ2) is 6.65. The summed E-state index contributed by atoms with van der Waals surface area (Å²) in [6.07, 6.45) is -0.483. The molecule has 0 amide bonds. The molecule has 3 aromatic rings. The van der Waals surface area contributed by atoms with E-state index in [4.69, 9.17) is 11.6 Å². The van der Waals surface area contributed by atoms with E-state index in [1.165, 1.54) is 22.2 Å². The van der Waals surface area contributed by atoms with Crippen molar-refractivity contribution in [3.8, 4) is 0 Å². The molecule has 120 valence electrons. The van der Waals surface area contributed by atoms with Crippen molar-refractivity contribution in [1.29, 1.82) is 0 Å². The van der Waals surface area contributed by atoms with Crippen LogP contribution in [-0.4, -0.2) is 22.3 Å². The molecule has 0 fully saturated rings. The van der Waals surface area contributed by atoms with Crippen molar-refractivity contribution in [1.82, 2.24) is 4.57 Å². The van der Waals surface area contributed by atoms with Crippen LogP contribution in [0, 0.1) is 13.8 Å². The largest absolute Gasteiger partial charge is 0.389 e. The standard InChI is InChI=1S/C19H21ClN2O/c1-13-14(2)22(19-9-4-3-8-18(13)19)12-17(23)11-21-16-7-5-6-15(20)10-16/h3-10,17,21,23H,11-12H2,1-2H3. The van der Waals surface area contributed by atoms with Gasteiger partial charge in [-0.1, -0.05) is 35.9 Å². The number of halogens is 1. The molecule has 23 heavy (non-hydrogen) atoms. The normalized spacial score (nSPS) is 12.5. The van der Waals surface area contributed by atoms with Crippen molar-refractivity contribution < 1.29 is 5.11 Å². The molecule has 2 aromatic carbocycles. The predicted octanol–water partition coefficient (Wildman–Crippen LogP) is 4.38. The third-order valence-electron chi connectivity index (χ3n) is 4.31. The van der Waals surface area contributed by atoms with Gasteiger partial charge in [-0.15, -0.1) is 0 Å². The molecule has 3 rings (SSSR count). The van der Waals surface area contributed by atoms with Gasteiger partial charge in [0, 0.05) is 33.9 Å². The fraction of sp³-hybridized carbons (Fsp3) is 0.263. The monoisotopic (exact) mass is 328 g/mol. The number of aliphatic hydroxyl groups is 1. The van der Waals surface area contributed by atoms with Crippen LogP contribution in [0.15, 0.2) is 48.5 Å². The summed E-state index contributed by atoms with van der Waals surface area (Å²) in [5, 5.41) is 15.6. The lowest BCUT2D eigenvalue weighted by atomic mass is 10.2. The molecule has 1 unspecified atom stereocenters. The highest BCUT2D eigenvalue weighted by atomic mass is 35.5.